The summed E-state index contributed by atoms with van der Waals surface area (Å²) in [7, 11) is 0. The Labute approximate surface area is 86.0 Å². The highest BCUT2D eigenvalue weighted by Crippen LogP contribution is 2.18. The van der Waals surface area contributed by atoms with E-state index in [1.165, 1.54) is 0 Å². The first-order chi connectivity index (χ1) is 6.99. The van der Waals surface area contributed by atoms with Gasteiger partial charge in [0, 0.05) is 6.04 Å². The summed E-state index contributed by atoms with van der Waals surface area (Å²) >= 11 is 0. The number of rotatable bonds is 5. The molecule has 1 rings (SSSR count). The molecule has 0 spiro atoms. The number of amides is 3. The van der Waals surface area contributed by atoms with E-state index >= 15 is 0 Å². The number of carboxylic acid groups (broad SMARTS) is 1. The summed E-state index contributed by atoms with van der Waals surface area (Å²) in [5, 5.41) is 13.4. The molecular weight excluding hydrogens is 202 g/mol. The topological polar surface area (TPSA) is 122 Å². The number of hydrogen-bond donors (Lipinski definition) is 4. The van der Waals surface area contributed by atoms with Gasteiger partial charge in [-0.25, -0.2) is 9.59 Å². The number of urea groups is 1. The molecule has 1 unspecified atom stereocenters. The van der Waals surface area contributed by atoms with Crippen molar-refractivity contribution in [3.63, 3.8) is 0 Å². The van der Waals surface area contributed by atoms with Gasteiger partial charge in [0.25, 0.3) is 0 Å². The second-order valence-corrected chi connectivity index (χ2v) is 3.45. The number of hydrogen-bond acceptors (Lipinski definition) is 3. The van der Waals surface area contributed by atoms with Gasteiger partial charge in [-0.1, -0.05) is 0 Å². The van der Waals surface area contributed by atoms with Gasteiger partial charge < -0.3 is 21.5 Å². The summed E-state index contributed by atoms with van der Waals surface area (Å²) in [6, 6.07) is -1.71. The van der Waals surface area contributed by atoms with E-state index in [1.807, 2.05) is 0 Å². The number of aliphatic carboxylic acids is 1. The van der Waals surface area contributed by atoms with Crippen LogP contribution in [0, 0.1) is 0 Å². The summed E-state index contributed by atoms with van der Waals surface area (Å²) in [5.41, 5.74) is 4.85. The molecule has 0 aromatic rings. The van der Waals surface area contributed by atoms with Crippen molar-refractivity contribution < 1.29 is 19.5 Å². The van der Waals surface area contributed by atoms with E-state index in [0.29, 0.717) is 0 Å². The maximum absolute atomic E-state index is 11.2. The van der Waals surface area contributed by atoms with Crippen molar-refractivity contribution in [2.24, 2.45) is 5.73 Å². The largest absolute Gasteiger partial charge is 0.480 e. The molecule has 0 heterocycles. The molecule has 1 aliphatic rings. The number of nitrogens with one attached hydrogen (secondary N) is 2. The van der Waals surface area contributed by atoms with Gasteiger partial charge in [-0.05, 0) is 12.8 Å². The third-order valence-corrected chi connectivity index (χ3v) is 1.92. The lowest BCUT2D eigenvalue weighted by atomic mass is 10.2. The molecule has 0 aliphatic heterocycles. The number of nitrogens with two attached hydrogens (primary N) is 1. The minimum atomic E-state index is -1.28. The Kier molecular flexibility index (Phi) is 3.48. The van der Waals surface area contributed by atoms with Gasteiger partial charge in [0.15, 0.2) is 0 Å². The average Bonchev–Trinajstić information content (AvgIpc) is 2.85. The Bertz CT molecular complexity index is 288. The third kappa shape index (κ3) is 4.30. The molecule has 1 saturated carbocycles. The van der Waals surface area contributed by atoms with Crippen LogP contribution in [0.4, 0.5) is 4.79 Å². The molecule has 7 nitrogen and oxygen atoms in total. The van der Waals surface area contributed by atoms with Crippen LogP contribution in [0.15, 0.2) is 0 Å². The highest BCUT2D eigenvalue weighted by molar-refractivity contribution is 5.87. The summed E-state index contributed by atoms with van der Waals surface area (Å²) in [5.74, 6) is -2.05. The molecule has 5 N–H and O–H groups in total. The van der Waals surface area contributed by atoms with Crippen molar-refractivity contribution in [1.29, 1.82) is 0 Å². The van der Waals surface area contributed by atoms with Gasteiger partial charge >= 0.3 is 12.0 Å². The highest BCUT2D eigenvalue weighted by atomic mass is 16.4. The molecule has 3 amide bonds. The molecule has 1 fully saturated rings. The van der Waals surface area contributed by atoms with Gasteiger partial charge in [-0.2, -0.15) is 0 Å². The van der Waals surface area contributed by atoms with Crippen molar-refractivity contribution in [2.45, 2.75) is 31.3 Å². The monoisotopic (exact) mass is 215 g/mol. The number of carbonyl (C=O) groups is 3. The lowest BCUT2D eigenvalue weighted by Crippen LogP contribution is -2.48. The van der Waals surface area contributed by atoms with Gasteiger partial charge in [-0.15, -0.1) is 0 Å². The first kappa shape index (κ1) is 11.3. The normalized spacial score (nSPS) is 16.5. The molecule has 0 saturated heterocycles. The number of carbonyl (C=O) groups excluding carboxylic acids is 2. The average molecular weight is 215 g/mol. The van der Waals surface area contributed by atoms with Crippen LogP contribution in [0.2, 0.25) is 0 Å². The molecule has 0 bridgehead atoms. The molecule has 1 aliphatic carbocycles. The molecular formula is C8H13N3O4. The van der Waals surface area contributed by atoms with Gasteiger partial charge in [0.2, 0.25) is 5.91 Å². The first-order valence-electron chi connectivity index (χ1n) is 4.57. The van der Waals surface area contributed by atoms with Crippen LogP contribution >= 0.6 is 0 Å². The van der Waals surface area contributed by atoms with E-state index < -0.39 is 30.4 Å². The lowest BCUT2D eigenvalue weighted by Gasteiger charge is -2.13. The quantitative estimate of drug-likeness (QED) is 0.459. The smallest absolute Gasteiger partial charge is 0.326 e. The second-order valence-electron chi connectivity index (χ2n) is 3.45. The number of carboxylic acids is 1. The van der Waals surface area contributed by atoms with Crippen LogP contribution in [-0.4, -0.2) is 35.1 Å². The summed E-state index contributed by atoms with van der Waals surface area (Å²) in [4.78, 5) is 32.3. The molecule has 1 atom stereocenters. The van der Waals surface area contributed by atoms with Crippen LogP contribution in [0.3, 0.4) is 0 Å². The molecule has 0 radical (unpaired) electrons. The van der Waals surface area contributed by atoms with Crippen molar-refractivity contribution >= 4 is 17.9 Å². The van der Waals surface area contributed by atoms with Crippen molar-refractivity contribution in [1.82, 2.24) is 10.6 Å². The second kappa shape index (κ2) is 4.63. The predicted molar refractivity (Wildman–Crippen MR) is 49.9 cm³/mol. The van der Waals surface area contributed by atoms with E-state index in [1.54, 1.807) is 0 Å². The van der Waals surface area contributed by atoms with Crippen LogP contribution in [0.25, 0.3) is 0 Å². The zero-order valence-corrected chi connectivity index (χ0v) is 8.03. The number of primary amides is 1. The Balaban J connectivity index is 2.38. The van der Waals surface area contributed by atoms with E-state index in [9.17, 15) is 14.4 Å². The van der Waals surface area contributed by atoms with Gasteiger partial charge in [0.1, 0.15) is 6.04 Å². The Hall–Kier alpha value is -1.79. The van der Waals surface area contributed by atoms with E-state index in [4.69, 9.17) is 10.8 Å². The predicted octanol–water partition coefficient (Wildman–Crippen LogP) is -1.22. The first-order valence-corrected chi connectivity index (χ1v) is 4.57. The standard InChI is InChI=1S/C8H13N3O4/c9-6(12)3-5(7(13)14)11-8(15)10-4-1-2-4/h4-5H,1-3H2,(H2,9,12)(H,13,14)(H2,10,11,15). The summed E-state index contributed by atoms with van der Waals surface area (Å²) in [6.45, 7) is 0. The Morgan fingerprint density at radius 1 is 1.40 bits per heavy atom. The Morgan fingerprint density at radius 3 is 2.40 bits per heavy atom. The lowest BCUT2D eigenvalue weighted by molar-refractivity contribution is -0.140. The molecule has 7 heteroatoms. The maximum atomic E-state index is 11.2. The zero-order chi connectivity index (χ0) is 11.4. The van der Waals surface area contributed by atoms with Crippen molar-refractivity contribution in [2.75, 3.05) is 0 Å². The summed E-state index contributed by atoms with van der Waals surface area (Å²) in [6.07, 6.45) is 1.40. The molecule has 0 aromatic carbocycles. The van der Waals surface area contributed by atoms with Crippen LogP contribution in [-0.2, 0) is 9.59 Å². The van der Waals surface area contributed by atoms with Crippen LogP contribution in [0.5, 0.6) is 0 Å². The SMILES string of the molecule is NC(=O)CC(NC(=O)NC1CC1)C(=O)O. The van der Waals surface area contributed by atoms with Crippen molar-refractivity contribution in [3.8, 4) is 0 Å². The van der Waals surface area contributed by atoms with E-state index in [2.05, 4.69) is 10.6 Å². The van der Waals surface area contributed by atoms with E-state index in [0.717, 1.165) is 12.8 Å². The fourth-order valence-electron chi connectivity index (χ4n) is 1.01. The zero-order valence-electron chi connectivity index (χ0n) is 8.03. The van der Waals surface area contributed by atoms with Crippen molar-refractivity contribution in [3.05, 3.63) is 0 Å². The minimum absolute atomic E-state index is 0.132. The fourth-order valence-corrected chi connectivity index (χ4v) is 1.01. The van der Waals surface area contributed by atoms with Crippen LogP contribution < -0.4 is 16.4 Å². The van der Waals surface area contributed by atoms with Gasteiger partial charge in [-0.3, -0.25) is 4.79 Å². The fraction of sp³-hybridized carbons (Fsp3) is 0.625. The minimum Gasteiger partial charge on any atom is -0.480 e. The molecule has 15 heavy (non-hydrogen) atoms. The van der Waals surface area contributed by atoms with Gasteiger partial charge in [0.05, 0.1) is 6.42 Å². The third-order valence-electron chi connectivity index (χ3n) is 1.92. The van der Waals surface area contributed by atoms with E-state index in [-0.39, 0.29) is 6.04 Å². The molecule has 84 valence electrons. The Morgan fingerprint density at radius 2 is 2.00 bits per heavy atom. The maximum Gasteiger partial charge on any atom is 0.326 e. The highest BCUT2D eigenvalue weighted by Gasteiger charge is 2.26. The van der Waals surface area contributed by atoms with Crippen LogP contribution in [0.1, 0.15) is 19.3 Å². The molecule has 0 aromatic heterocycles. The summed E-state index contributed by atoms with van der Waals surface area (Å²) < 4.78 is 0.